The molecule has 208 valence electrons. The topological polar surface area (TPSA) is 56.5 Å². The second-order valence-corrected chi connectivity index (χ2v) is 10.4. The van der Waals surface area contributed by atoms with Gasteiger partial charge in [0.1, 0.15) is 12.4 Å². The van der Waals surface area contributed by atoms with Gasteiger partial charge >= 0.3 is 6.18 Å². The number of nitrogens with zero attached hydrogens (tertiary/aromatic N) is 3. The van der Waals surface area contributed by atoms with E-state index in [0.29, 0.717) is 23.4 Å². The molecule has 1 heterocycles. The number of hydrogen-bond acceptors (Lipinski definition) is 4. The molecular formula is C33H21BrF3N3O2. The molecule has 0 saturated heterocycles. The maximum absolute atomic E-state index is 13.7. The summed E-state index contributed by atoms with van der Waals surface area (Å²) in [6, 6.07) is 30.5. The van der Waals surface area contributed by atoms with Gasteiger partial charge in [-0.1, -0.05) is 82.7 Å². The molecule has 0 aliphatic heterocycles. The van der Waals surface area contributed by atoms with Gasteiger partial charge in [-0.2, -0.15) is 22.9 Å². The predicted octanol–water partition coefficient (Wildman–Crippen LogP) is 8.46. The van der Waals surface area contributed by atoms with E-state index < -0.39 is 17.3 Å². The highest BCUT2D eigenvalue weighted by Gasteiger charge is 2.31. The monoisotopic (exact) mass is 627 g/mol. The van der Waals surface area contributed by atoms with Crippen LogP contribution in [0.15, 0.2) is 124 Å². The molecule has 0 amide bonds. The van der Waals surface area contributed by atoms with Gasteiger partial charge in [0.2, 0.25) is 0 Å². The summed E-state index contributed by atoms with van der Waals surface area (Å²) < 4.78 is 48.9. The van der Waals surface area contributed by atoms with E-state index in [0.717, 1.165) is 37.6 Å². The Morgan fingerprint density at radius 1 is 0.857 bits per heavy atom. The Labute approximate surface area is 246 Å². The highest BCUT2D eigenvalue weighted by Crippen LogP contribution is 2.32. The van der Waals surface area contributed by atoms with E-state index in [9.17, 15) is 18.0 Å². The molecule has 9 heteroatoms. The smallest absolute Gasteiger partial charge is 0.416 e. The van der Waals surface area contributed by atoms with Gasteiger partial charge in [0.25, 0.3) is 5.56 Å². The highest BCUT2D eigenvalue weighted by atomic mass is 79.9. The van der Waals surface area contributed by atoms with Crippen LogP contribution in [0.5, 0.6) is 5.75 Å². The van der Waals surface area contributed by atoms with Crippen molar-refractivity contribution >= 4 is 43.8 Å². The molecule has 5 aromatic carbocycles. The lowest BCUT2D eigenvalue weighted by Crippen LogP contribution is -2.20. The number of benzene rings is 5. The van der Waals surface area contributed by atoms with Crippen LogP contribution >= 0.6 is 15.9 Å². The summed E-state index contributed by atoms with van der Waals surface area (Å²) in [5.74, 6) is 0.515. The number of rotatable bonds is 6. The molecule has 5 nitrogen and oxygen atoms in total. The van der Waals surface area contributed by atoms with Crippen LogP contribution in [0.25, 0.3) is 33.1 Å². The summed E-state index contributed by atoms with van der Waals surface area (Å²) in [7, 11) is 0. The third-order valence-corrected chi connectivity index (χ3v) is 7.27. The molecule has 0 N–H and O–H groups in total. The zero-order chi connectivity index (χ0) is 29.3. The van der Waals surface area contributed by atoms with E-state index in [1.54, 1.807) is 24.3 Å². The third-order valence-electron chi connectivity index (χ3n) is 6.74. The number of aromatic nitrogens is 2. The third kappa shape index (κ3) is 5.56. The molecule has 0 spiro atoms. The molecule has 0 saturated carbocycles. The standard InChI is InChI=1S/C33H21BrF3N3O2/c34-25-15-12-21(13-16-25)20-42-30-17-14-22-6-1-2-9-26(22)28(30)19-38-40-31(23-7-5-8-24(18-23)33(35,36)37)39-29-11-4-3-10-27(29)32(40)41/h1-19H,20H2. The number of hydrogen-bond donors (Lipinski definition) is 0. The average Bonchev–Trinajstić information content (AvgIpc) is 3.00. The number of fused-ring (bicyclic) bond motifs is 2. The lowest BCUT2D eigenvalue weighted by atomic mass is 10.0. The van der Waals surface area contributed by atoms with Gasteiger partial charge in [-0.15, -0.1) is 0 Å². The predicted molar refractivity (Wildman–Crippen MR) is 162 cm³/mol. The van der Waals surface area contributed by atoms with Gasteiger partial charge in [0, 0.05) is 15.6 Å². The fourth-order valence-electron chi connectivity index (χ4n) is 4.64. The molecule has 0 aliphatic carbocycles. The second kappa shape index (κ2) is 11.3. The zero-order valence-corrected chi connectivity index (χ0v) is 23.4. The first-order valence-electron chi connectivity index (χ1n) is 12.9. The largest absolute Gasteiger partial charge is 0.488 e. The summed E-state index contributed by atoms with van der Waals surface area (Å²) in [5, 5.41) is 6.57. The molecule has 0 radical (unpaired) electrons. The van der Waals surface area contributed by atoms with E-state index in [2.05, 4.69) is 26.0 Å². The molecule has 6 aromatic rings. The molecule has 1 aromatic heterocycles. The fraction of sp³-hybridized carbons (Fsp3) is 0.0606. The number of para-hydroxylation sites is 1. The summed E-state index contributed by atoms with van der Waals surface area (Å²) in [6.07, 6.45) is -3.07. The van der Waals surface area contributed by atoms with Crippen molar-refractivity contribution in [3.63, 3.8) is 0 Å². The van der Waals surface area contributed by atoms with Crippen LogP contribution in [-0.2, 0) is 12.8 Å². The first kappa shape index (κ1) is 27.4. The molecule has 0 aliphatic rings. The molecule has 42 heavy (non-hydrogen) atoms. The van der Waals surface area contributed by atoms with Crippen molar-refractivity contribution in [2.75, 3.05) is 0 Å². The van der Waals surface area contributed by atoms with Crippen molar-refractivity contribution in [2.24, 2.45) is 5.10 Å². The van der Waals surface area contributed by atoms with Gasteiger partial charge in [-0.25, -0.2) is 4.98 Å². The van der Waals surface area contributed by atoms with Crippen molar-refractivity contribution in [3.8, 4) is 17.1 Å². The van der Waals surface area contributed by atoms with Crippen LogP contribution in [0.2, 0.25) is 0 Å². The quantitative estimate of drug-likeness (QED) is 0.174. The Hall–Kier alpha value is -4.76. The van der Waals surface area contributed by atoms with Crippen LogP contribution in [0.1, 0.15) is 16.7 Å². The minimum Gasteiger partial charge on any atom is -0.488 e. The summed E-state index contributed by atoms with van der Waals surface area (Å²) in [5.41, 5.74) is 0.660. The number of alkyl halides is 3. The molecule has 0 unspecified atom stereocenters. The first-order chi connectivity index (χ1) is 20.3. The van der Waals surface area contributed by atoms with Crippen molar-refractivity contribution < 1.29 is 17.9 Å². The first-order valence-corrected chi connectivity index (χ1v) is 13.7. The SMILES string of the molecule is O=c1c2ccccc2nc(-c2cccc(C(F)(F)F)c2)n1N=Cc1c(OCc2ccc(Br)cc2)ccc2ccccc12. The number of ether oxygens (including phenoxy) is 1. The second-order valence-electron chi connectivity index (χ2n) is 9.51. The van der Waals surface area contributed by atoms with Gasteiger partial charge in [-0.05, 0) is 58.8 Å². The maximum atomic E-state index is 13.7. The summed E-state index contributed by atoms with van der Waals surface area (Å²) >= 11 is 3.43. The lowest BCUT2D eigenvalue weighted by molar-refractivity contribution is -0.137. The molecule has 0 bridgehead atoms. The lowest BCUT2D eigenvalue weighted by Gasteiger charge is -2.14. The Balaban J connectivity index is 1.50. The minimum absolute atomic E-state index is 0.0152. The van der Waals surface area contributed by atoms with Crippen molar-refractivity contribution in [3.05, 3.63) is 141 Å². The Bertz CT molecular complexity index is 2020. The van der Waals surface area contributed by atoms with Gasteiger partial charge in [0.15, 0.2) is 5.82 Å². The van der Waals surface area contributed by atoms with E-state index in [1.807, 2.05) is 60.7 Å². The van der Waals surface area contributed by atoms with E-state index in [1.165, 1.54) is 18.3 Å². The molecular weight excluding hydrogens is 607 g/mol. The summed E-state index contributed by atoms with van der Waals surface area (Å²) in [4.78, 5) is 18.2. The van der Waals surface area contributed by atoms with Crippen molar-refractivity contribution in [2.45, 2.75) is 12.8 Å². The van der Waals surface area contributed by atoms with Crippen LogP contribution < -0.4 is 10.3 Å². The Kier molecular flexibility index (Phi) is 7.34. The fourth-order valence-corrected chi connectivity index (χ4v) is 4.91. The molecule has 6 rings (SSSR count). The van der Waals surface area contributed by atoms with Crippen LogP contribution in [0, 0.1) is 0 Å². The van der Waals surface area contributed by atoms with Gasteiger partial charge in [0.05, 0.1) is 22.7 Å². The van der Waals surface area contributed by atoms with E-state index in [-0.39, 0.29) is 16.8 Å². The van der Waals surface area contributed by atoms with Crippen molar-refractivity contribution in [1.29, 1.82) is 0 Å². The normalized spacial score (nSPS) is 11.9. The van der Waals surface area contributed by atoms with Crippen LogP contribution in [-0.4, -0.2) is 15.9 Å². The molecule has 0 atom stereocenters. The van der Waals surface area contributed by atoms with Crippen LogP contribution in [0.4, 0.5) is 13.2 Å². The Morgan fingerprint density at radius 2 is 1.60 bits per heavy atom. The van der Waals surface area contributed by atoms with E-state index in [4.69, 9.17) is 4.74 Å². The minimum atomic E-state index is -4.56. The zero-order valence-electron chi connectivity index (χ0n) is 21.8. The number of halogens is 4. The summed E-state index contributed by atoms with van der Waals surface area (Å²) in [6.45, 7) is 0.291. The van der Waals surface area contributed by atoms with Crippen LogP contribution in [0.3, 0.4) is 0 Å². The van der Waals surface area contributed by atoms with Gasteiger partial charge in [-0.3, -0.25) is 4.79 Å². The van der Waals surface area contributed by atoms with Crippen molar-refractivity contribution in [1.82, 2.24) is 9.66 Å². The maximum Gasteiger partial charge on any atom is 0.416 e. The van der Waals surface area contributed by atoms with E-state index >= 15 is 0 Å². The molecule has 0 fully saturated rings. The average molecular weight is 628 g/mol. The van der Waals surface area contributed by atoms with Gasteiger partial charge < -0.3 is 4.74 Å². The highest BCUT2D eigenvalue weighted by molar-refractivity contribution is 9.10. The Morgan fingerprint density at radius 3 is 2.38 bits per heavy atom.